The lowest BCUT2D eigenvalue weighted by molar-refractivity contribution is -0.116. The van der Waals surface area contributed by atoms with Gasteiger partial charge in [-0.15, -0.1) is 0 Å². The summed E-state index contributed by atoms with van der Waals surface area (Å²) >= 11 is 0. The number of carbonyl (C=O) groups excluding carboxylic acids is 1. The Balaban J connectivity index is 2.26. The predicted octanol–water partition coefficient (Wildman–Crippen LogP) is -0.0814. The molecular formula is C12H17N3O3. The Morgan fingerprint density at radius 3 is 2.72 bits per heavy atom. The molecule has 0 saturated carbocycles. The van der Waals surface area contributed by atoms with Gasteiger partial charge in [0.25, 0.3) is 0 Å². The first kappa shape index (κ1) is 12.7. The van der Waals surface area contributed by atoms with Crippen molar-refractivity contribution in [2.45, 2.75) is 18.9 Å². The van der Waals surface area contributed by atoms with Crippen molar-refractivity contribution in [3.8, 4) is 0 Å². The molecule has 1 aliphatic rings. The number of nitrogens with one attached hydrogen (secondary N) is 2. The number of amides is 1. The molecule has 6 heteroatoms. The SMILES string of the molecule is Nc1cc2c(cc1NC(CO)CO)NC(=O)CC2. The number of nitrogens with two attached hydrogens (primary N) is 1. The van der Waals surface area contributed by atoms with Gasteiger partial charge >= 0.3 is 0 Å². The topological polar surface area (TPSA) is 108 Å². The summed E-state index contributed by atoms with van der Waals surface area (Å²) < 4.78 is 0. The van der Waals surface area contributed by atoms with Crippen LogP contribution < -0.4 is 16.4 Å². The molecule has 0 saturated heterocycles. The zero-order chi connectivity index (χ0) is 13.1. The fourth-order valence-electron chi connectivity index (χ4n) is 1.94. The van der Waals surface area contributed by atoms with Crippen molar-refractivity contribution in [1.29, 1.82) is 0 Å². The molecule has 0 spiro atoms. The molecule has 6 nitrogen and oxygen atoms in total. The zero-order valence-electron chi connectivity index (χ0n) is 9.94. The molecule has 0 aliphatic carbocycles. The number of hydrogen-bond acceptors (Lipinski definition) is 5. The molecule has 18 heavy (non-hydrogen) atoms. The van der Waals surface area contributed by atoms with Gasteiger partial charge in [-0.1, -0.05) is 0 Å². The number of aliphatic hydroxyl groups excluding tert-OH is 2. The van der Waals surface area contributed by atoms with E-state index in [4.69, 9.17) is 15.9 Å². The van der Waals surface area contributed by atoms with Gasteiger partial charge in [-0.2, -0.15) is 0 Å². The second kappa shape index (κ2) is 5.24. The van der Waals surface area contributed by atoms with Crippen LogP contribution in [0.5, 0.6) is 0 Å². The number of benzene rings is 1. The van der Waals surface area contributed by atoms with Crippen LogP contribution in [-0.4, -0.2) is 35.4 Å². The number of anilines is 3. The van der Waals surface area contributed by atoms with Gasteiger partial charge in [-0.05, 0) is 24.1 Å². The van der Waals surface area contributed by atoms with Gasteiger partial charge in [0.1, 0.15) is 0 Å². The van der Waals surface area contributed by atoms with Gasteiger partial charge in [-0.25, -0.2) is 0 Å². The van der Waals surface area contributed by atoms with Gasteiger partial charge in [-0.3, -0.25) is 4.79 Å². The van der Waals surface area contributed by atoms with E-state index in [1.165, 1.54) is 0 Å². The number of carbonyl (C=O) groups is 1. The van der Waals surface area contributed by atoms with Crippen LogP contribution in [0.1, 0.15) is 12.0 Å². The van der Waals surface area contributed by atoms with E-state index in [9.17, 15) is 4.79 Å². The molecule has 0 radical (unpaired) electrons. The standard InChI is InChI=1S/C12H17N3O3/c13-9-3-7-1-2-12(18)15-10(7)4-11(9)14-8(5-16)6-17/h3-4,8,14,16-17H,1-2,5-6,13H2,(H,15,18). The quantitative estimate of drug-likeness (QED) is 0.481. The van der Waals surface area contributed by atoms with Crippen molar-refractivity contribution < 1.29 is 15.0 Å². The maximum absolute atomic E-state index is 11.3. The third-order valence-electron chi connectivity index (χ3n) is 2.97. The van der Waals surface area contributed by atoms with Crippen molar-refractivity contribution in [1.82, 2.24) is 0 Å². The first-order valence-electron chi connectivity index (χ1n) is 5.84. The highest BCUT2D eigenvalue weighted by Crippen LogP contribution is 2.31. The van der Waals surface area contributed by atoms with Crippen LogP contribution in [0.4, 0.5) is 17.1 Å². The monoisotopic (exact) mass is 251 g/mol. The number of aryl methyl sites for hydroxylation is 1. The molecule has 2 rings (SSSR count). The Morgan fingerprint density at radius 1 is 1.33 bits per heavy atom. The van der Waals surface area contributed by atoms with Gasteiger partial charge < -0.3 is 26.6 Å². The first-order chi connectivity index (χ1) is 8.63. The fraction of sp³-hybridized carbons (Fsp3) is 0.417. The predicted molar refractivity (Wildman–Crippen MR) is 69.4 cm³/mol. The summed E-state index contributed by atoms with van der Waals surface area (Å²) in [6, 6.07) is 3.08. The highest BCUT2D eigenvalue weighted by atomic mass is 16.3. The number of fused-ring (bicyclic) bond motifs is 1. The summed E-state index contributed by atoms with van der Waals surface area (Å²) in [5.41, 5.74) is 8.77. The maximum atomic E-state index is 11.3. The number of nitrogen functional groups attached to an aromatic ring is 1. The largest absolute Gasteiger partial charge is 0.397 e. The average molecular weight is 251 g/mol. The van der Waals surface area contributed by atoms with Crippen LogP contribution in [0.3, 0.4) is 0 Å². The number of rotatable bonds is 4. The molecule has 98 valence electrons. The van der Waals surface area contributed by atoms with Crippen molar-refractivity contribution in [2.24, 2.45) is 0 Å². The lowest BCUT2D eigenvalue weighted by Crippen LogP contribution is -2.28. The minimum absolute atomic E-state index is 0.0147. The summed E-state index contributed by atoms with van der Waals surface area (Å²) in [6.07, 6.45) is 1.14. The molecule has 1 heterocycles. The molecule has 0 atom stereocenters. The molecule has 0 aromatic heterocycles. The van der Waals surface area contributed by atoms with Crippen molar-refractivity contribution in [3.05, 3.63) is 17.7 Å². The Labute approximate surface area is 105 Å². The maximum Gasteiger partial charge on any atom is 0.224 e. The van der Waals surface area contributed by atoms with E-state index < -0.39 is 6.04 Å². The minimum atomic E-state index is -0.468. The second-order valence-electron chi connectivity index (χ2n) is 4.35. The molecule has 0 bridgehead atoms. The molecule has 1 amide bonds. The molecule has 1 aromatic carbocycles. The second-order valence-corrected chi connectivity index (χ2v) is 4.35. The van der Waals surface area contributed by atoms with Crippen LogP contribution in [0, 0.1) is 0 Å². The van der Waals surface area contributed by atoms with Crippen LogP contribution >= 0.6 is 0 Å². The molecule has 0 fully saturated rings. The summed E-state index contributed by atoms with van der Waals surface area (Å²) in [5, 5.41) is 23.8. The molecule has 1 aliphatic heterocycles. The van der Waals surface area contributed by atoms with Gasteiger partial charge in [0.2, 0.25) is 5.91 Å². The van der Waals surface area contributed by atoms with Crippen LogP contribution in [0.2, 0.25) is 0 Å². The van der Waals surface area contributed by atoms with Crippen LogP contribution in [-0.2, 0) is 11.2 Å². The third-order valence-corrected chi connectivity index (χ3v) is 2.97. The lowest BCUT2D eigenvalue weighted by Gasteiger charge is -2.22. The summed E-state index contributed by atoms with van der Waals surface area (Å²) in [5.74, 6) is -0.0147. The van der Waals surface area contributed by atoms with E-state index in [0.717, 1.165) is 11.3 Å². The minimum Gasteiger partial charge on any atom is -0.397 e. The summed E-state index contributed by atoms with van der Waals surface area (Å²) in [7, 11) is 0. The molecule has 1 aromatic rings. The van der Waals surface area contributed by atoms with Gasteiger partial charge in [0, 0.05) is 12.1 Å². The zero-order valence-corrected chi connectivity index (χ0v) is 9.94. The summed E-state index contributed by atoms with van der Waals surface area (Å²) in [4.78, 5) is 11.3. The molecule has 6 N–H and O–H groups in total. The highest BCUT2D eigenvalue weighted by molar-refractivity contribution is 5.95. The van der Waals surface area contributed by atoms with E-state index in [1.807, 2.05) is 6.07 Å². The Bertz CT molecular complexity index is 458. The first-order valence-corrected chi connectivity index (χ1v) is 5.84. The van der Waals surface area contributed by atoms with Gasteiger partial charge in [0.05, 0.1) is 30.6 Å². The fourth-order valence-corrected chi connectivity index (χ4v) is 1.94. The Kier molecular flexibility index (Phi) is 3.69. The van der Waals surface area contributed by atoms with Crippen molar-refractivity contribution in [2.75, 3.05) is 29.6 Å². The van der Waals surface area contributed by atoms with Crippen LogP contribution in [0.25, 0.3) is 0 Å². The molecular weight excluding hydrogens is 234 g/mol. The number of aliphatic hydroxyl groups is 2. The number of hydrogen-bond donors (Lipinski definition) is 5. The van der Waals surface area contributed by atoms with E-state index >= 15 is 0 Å². The highest BCUT2D eigenvalue weighted by Gasteiger charge is 2.17. The van der Waals surface area contributed by atoms with Crippen molar-refractivity contribution in [3.63, 3.8) is 0 Å². The van der Waals surface area contributed by atoms with E-state index in [-0.39, 0.29) is 19.1 Å². The van der Waals surface area contributed by atoms with E-state index in [0.29, 0.717) is 24.2 Å². The lowest BCUT2D eigenvalue weighted by atomic mass is 10.0. The Morgan fingerprint density at radius 2 is 2.06 bits per heavy atom. The Hall–Kier alpha value is -1.79. The third kappa shape index (κ3) is 2.55. The normalized spacial score (nSPS) is 14.3. The summed E-state index contributed by atoms with van der Waals surface area (Å²) in [6.45, 7) is -0.390. The van der Waals surface area contributed by atoms with Gasteiger partial charge in [0.15, 0.2) is 0 Å². The average Bonchev–Trinajstić information content (AvgIpc) is 2.36. The van der Waals surface area contributed by atoms with E-state index in [1.54, 1.807) is 6.07 Å². The molecule has 0 unspecified atom stereocenters. The van der Waals surface area contributed by atoms with Crippen LogP contribution in [0.15, 0.2) is 12.1 Å². The van der Waals surface area contributed by atoms with Crippen molar-refractivity contribution >= 4 is 23.0 Å². The smallest absolute Gasteiger partial charge is 0.224 e. The van der Waals surface area contributed by atoms with E-state index in [2.05, 4.69) is 10.6 Å².